The molecule has 25 heavy (non-hydrogen) atoms. The highest BCUT2D eigenvalue weighted by molar-refractivity contribution is 9.10. The molecule has 136 valence electrons. The molecule has 0 aromatic heterocycles. The van der Waals surface area contributed by atoms with Gasteiger partial charge in [-0.05, 0) is 23.3 Å². The zero-order chi connectivity index (χ0) is 18.4. The van der Waals surface area contributed by atoms with Crippen LogP contribution in [-0.2, 0) is 4.74 Å². The van der Waals surface area contributed by atoms with Crippen LogP contribution in [0.4, 0.5) is 0 Å². The standard InChI is InChI=1S/C20H22Br2Cl2O/c1-13(11-23)19(15-7-3-5-9-17(15)21)25-20(14(2)12-24)16-8-4-6-10-18(16)22/h3-10,13-14,19-20H,11-12H2,1-2H3/t13-,14-,19?,20?/m0/s1. The van der Waals surface area contributed by atoms with Gasteiger partial charge in [-0.2, -0.15) is 0 Å². The van der Waals surface area contributed by atoms with Crippen molar-refractivity contribution in [2.75, 3.05) is 11.8 Å². The number of halogens is 4. The summed E-state index contributed by atoms with van der Waals surface area (Å²) in [6.45, 7) is 4.22. The molecule has 0 saturated carbocycles. The molecule has 0 aliphatic carbocycles. The molecule has 0 amide bonds. The summed E-state index contributed by atoms with van der Waals surface area (Å²) in [7, 11) is 0. The summed E-state index contributed by atoms with van der Waals surface area (Å²) in [6.07, 6.45) is -0.258. The van der Waals surface area contributed by atoms with Crippen molar-refractivity contribution in [1.82, 2.24) is 0 Å². The summed E-state index contributed by atoms with van der Waals surface area (Å²) >= 11 is 19.7. The van der Waals surface area contributed by atoms with Gasteiger partial charge in [0.05, 0.1) is 12.2 Å². The number of hydrogen-bond donors (Lipinski definition) is 0. The minimum atomic E-state index is -0.129. The van der Waals surface area contributed by atoms with E-state index in [9.17, 15) is 0 Å². The molecule has 1 nitrogen and oxygen atoms in total. The number of ether oxygens (including phenoxy) is 1. The van der Waals surface area contributed by atoms with Crippen LogP contribution >= 0.6 is 55.1 Å². The first-order valence-corrected chi connectivity index (χ1v) is 10.9. The van der Waals surface area contributed by atoms with Gasteiger partial charge in [0.25, 0.3) is 0 Å². The molecule has 0 aliphatic heterocycles. The summed E-state index contributed by atoms with van der Waals surface area (Å²) in [5.74, 6) is 1.36. The van der Waals surface area contributed by atoms with Crippen molar-refractivity contribution in [3.8, 4) is 0 Å². The van der Waals surface area contributed by atoms with Crippen LogP contribution in [0.15, 0.2) is 57.5 Å². The fraction of sp³-hybridized carbons (Fsp3) is 0.400. The second kappa shape index (κ2) is 10.3. The largest absolute Gasteiger partial charge is 0.365 e. The van der Waals surface area contributed by atoms with Gasteiger partial charge in [-0.3, -0.25) is 0 Å². The van der Waals surface area contributed by atoms with Crippen LogP contribution < -0.4 is 0 Å². The molecule has 2 aromatic rings. The van der Waals surface area contributed by atoms with Crippen LogP contribution in [0.25, 0.3) is 0 Å². The molecule has 0 spiro atoms. The smallest absolute Gasteiger partial charge is 0.0881 e. The molecule has 0 saturated heterocycles. The minimum Gasteiger partial charge on any atom is -0.365 e. The molecular formula is C20H22Br2Cl2O. The number of benzene rings is 2. The highest BCUT2D eigenvalue weighted by Crippen LogP contribution is 2.41. The maximum Gasteiger partial charge on any atom is 0.0881 e. The molecular weight excluding hydrogens is 487 g/mol. The molecule has 4 atom stereocenters. The SMILES string of the molecule is C[C@@H](CCl)C(OC(c1ccccc1Br)[C@@H](C)CCl)c1ccccc1Br. The molecule has 0 fully saturated rings. The summed E-state index contributed by atoms with van der Waals surface area (Å²) in [5, 5.41) is 0. The Kier molecular flexibility index (Phi) is 8.77. The fourth-order valence-corrected chi connectivity index (χ4v) is 4.10. The van der Waals surface area contributed by atoms with Gasteiger partial charge in [-0.25, -0.2) is 0 Å². The highest BCUT2D eigenvalue weighted by Gasteiger charge is 2.29. The van der Waals surface area contributed by atoms with Gasteiger partial charge in [-0.1, -0.05) is 82.1 Å². The Bertz CT molecular complexity index is 623. The monoisotopic (exact) mass is 506 g/mol. The van der Waals surface area contributed by atoms with E-state index in [0.29, 0.717) is 11.8 Å². The van der Waals surface area contributed by atoms with Crippen molar-refractivity contribution < 1.29 is 4.74 Å². The van der Waals surface area contributed by atoms with Crippen molar-refractivity contribution in [1.29, 1.82) is 0 Å². The van der Waals surface area contributed by atoms with Gasteiger partial charge in [0, 0.05) is 32.5 Å². The second-order valence-electron chi connectivity index (χ2n) is 6.28. The van der Waals surface area contributed by atoms with Crippen LogP contribution in [0, 0.1) is 11.8 Å². The zero-order valence-electron chi connectivity index (χ0n) is 14.3. The Morgan fingerprint density at radius 3 is 1.44 bits per heavy atom. The number of rotatable bonds is 8. The molecule has 5 heteroatoms. The van der Waals surface area contributed by atoms with Crippen molar-refractivity contribution in [3.63, 3.8) is 0 Å². The number of alkyl halides is 2. The first-order valence-electron chi connectivity index (χ1n) is 8.25. The quantitative estimate of drug-likeness (QED) is 0.331. The Morgan fingerprint density at radius 2 is 1.12 bits per heavy atom. The van der Waals surface area contributed by atoms with E-state index in [0.717, 1.165) is 20.1 Å². The first kappa shape index (κ1) is 21.2. The van der Waals surface area contributed by atoms with Crippen LogP contribution in [0.2, 0.25) is 0 Å². The summed E-state index contributed by atoms with van der Waals surface area (Å²) in [6, 6.07) is 16.3. The normalized spacial score (nSPS) is 16.2. The molecule has 2 aromatic carbocycles. The molecule has 2 unspecified atom stereocenters. The molecule has 0 aliphatic rings. The fourth-order valence-electron chi connectivity index (χ4n) is 2.76. The van der Waals surface area contributed by atoms with E-state index < -0.39 is 0 Å². The summed E-state index contributed by atoms with van der Waals surface area (Å²) in [5.41, 5.74) is 2.21. The molecule has 0 N–H and O–H groups in total. The van der Waals surface area contributed by atoms with Crippen LogP contribution in [-0.4, -0.2) is 11.8 Å². The van der Waals surface area contributed by atoms with E-state index in [-0.39, 0.29) is 24.0 Å². The lowest BCUT2D eigenvalue weighted by Gasteiger charge is -2.32. The Balaban J connectivity index is 2.42. The van der Waals surface area contributed by atoms with E-state index in [2.05, 4.69) is 57.8 Å². The molecule has 0 heterocycles. The Hall–Kier alpha value is -0.0600. The lowest BCUT2D eigenvalue weighted by Crippen LogP contribution is -2.23. The Morgan fingerprint density at radius 1 is 0.760 bits per heavy atom. The predicted octanol–water partition coefficient (Wildman–Crippen LogP) is 7.76. The molecule has 2 rings (SSSR count). The van der Waals surface area contributed by atoms with Crippen LogP contribution in [0.1, 0.15) is 37.2 Å². The van der Waals surface area contributed by atoms with Gasteiger partial charge >= 0.3 is 0 Å². The van der Waals surface area contributed by atoms with Crippen molar-refractivity contribution in [2.24, 2.45) is 11.8 Å². The zero-order valence-corrected chi connectivity index (χ0v) is 18.9. The van der Waals surface area contributed by atoms with E-state index >= 15 is 0 Å². The van der Waals surface area contributed by atoms with Crippen molar-refractivity contribution in [2.45, 2.75) is 26.1 Å². The van der Waals surface area contributed by atoms with E-state index in [1.165, 1.54) is 0 Å². The first-order chi connectivity index (χ1) is 12.0. The molecule has 0 bridgehead atoms. The van der Waals surface area contributed by atoms with Gasteiger partial charge in [0.15, 0.2) is 0 Å². The lowest BCUT2D eigenvalue weighted by atomic mass is 9.95. The van der Waals surface area contributed by atoms with E-state index in [1.807, 2.05) is 36.4 Å². The van der Waals surface area contributed by atoms with Crippen LogP contribution in [0.5, 0.6) is 0 Å². The third-order valence-corrected chi connectivity index (χ3v) is 6.66. The van der Waals surface area contributed by atoms with Crippen LogP contribution in [0.3, 0.4) is 0 Å². The number of hydrogen-bond acceptors (Lipinski definition) is 1. The maximum absolute atomic E-state index is 6.66. The lowest BCUT2D eigenvalue weighted by molar-refractivity contribution is -0.0603. The van der Waals surface area contributed by atoms with E-state index in [4.69, 9.17) is 27.9 Å². The van der Waals surface area contributed by atoms with Gasteiger partial charge in [0.2, 0.25) is 0 Å². The minimum absolute atomic E-state index is 0.129. The van der Waals surface area contributed by atoms with Gasteiger partial charge < -0.3 is 4.74 Å². The third kappa shape index (κ3) is 5.46. The predicted molar refractivity (Wildman–Crippen MR) is 115 cm³/mol. The van der Waals surface area contributed by atoms with Crippen molar-refractivity contribution in [3.05, 3.63) is 68.6 Å². The third-order valence-electron chi connectivity index (χ3n) is 4.24. The average molecular weight is 509 g/mol. The summed E-state index contributed by atoms with van der Waals surface area (Å²) in [4.78, 5) is 0. The van der Waals surface area contributed by atoms with Gasteiger partial charge in [-0.15, -0.1) is 23.2 Å². The van der Waals surface area contributed by atoms with E-state index in [1.54, 1.807) is 0 Å². The Labute approximate surface area is 177 Å². The summed E-state index contributed by atoms with van der Waals surface area (Å²) < 4.78 is 8.72. The topological polar surface area (TPSA) is 9.23 Å². The molecule has 0 radical (unpaired) electrons. The second-order valence-corrected chi connectivity index (χ2v) is 8.61. The maximum atomic E-state index is 6.66. The average Bonchev–Trinajstić information content (AvgIpc) is 2.63. The van der Waals surface area contributed by atoms with Gasteiger partial charge in [0.1, 0.15) is 0 Å². The van der Waals surface area contributed by atoms with Crippen molar-refractivity contribution >= 4 is 55.1 Å². The highest BCUT2D eigenvalue weighted by atomic mass is 79.9.